The van der Waals surface area contributed by atoms with Crippen LogP contribution in [0.3, 0.4) is 0 Å². The van der Waals surface area contributed by atoms with Crippen molar-refractivity contribution < 1.29 is 0 Å². The summed E-state index contributed by atoms with van der Waals surface area (Å²) < 4.78 is 0. The minimum Gasteiger partial charge on any atom is -0.308 e. The molecule has 2 heteroatoms. The number of hydrogen-bond acceptors (Lipinski definition) is 2. The highest BCUT2D eigenvalue weighted by molar-refractivity contribution is 5.48. The maximum Gasteiger partial charge on any atom is 0.0629 e. The van der Waals surface area contributed by atoms with Crippen molar-refractivity contribution in [1.29, 1.82) is 0 Å². The molecule has 0 saturated carbocycles. The summed E-state index contributed by atoms with van der Waals surface area (Å²) in [5.74, 6) is 0. The summed E-state index contributed by atoms with van der Waals surface area (Å²) in [6.07, 6.45) is 3.93. The van der Waals surface area contributed by atoms with Crippen molar-refractivity contribution in [1.82, 2.24) is 10.3 Å². The van der Waals surface area contributed by atoms with E-state index in [2.05, 4.69) is 44.1 Å². The monoisotopic (exact) mass is 204 g/mol. The van der Waals surface area contributed by atoms with Crippen molar-refractivity contribution in [3.05, 3.63) is 35.7 Å². The first-order valence-electron chi connectivity index (χ1n) is 5.30. The lowest BCUT2D eigenvalue weighted by Crippen LogP contribution is -2.36. The minimum atomic E-state index is 0.166. The minimum absolute atomic E-state index is 0.166. The molecule has 0 aliphatic carbocycles. The Morgan fingerprint density at radius 3 is 2.67 bits per heavy atom. The van der Waals surface area contributed by atoms with E-state index in [9.17, 15) is 0 Å². The Morgan fingerprint density at radius 1 is 1.40 bits per heavy atom. The van der Waals surface area contributed by atoms with Crippen molar-refractivity contribution in [2.24, 2.45) is 0 Å². The molecule has 0 spiro atoms. The summed E-state index contributed by atoms with van der Waals surface area (Å²) in [6, 6.07) is 5.95. The molecular formula is C13H20N2. The van der Waals surface area contributed by atoms with Gasteiger partial charge in [-0.25, -0.2) is 0 Å². The van der Waals surface area contributed by atoms with Crippen LogP contribution in [0.15, 0.2) is 30.0 Å². The van der Waals surface area contributed by atoms with Crippen molar-refractivity contribution in [2.45, 2.75) is 33.2 Å². The SMILES string of the molecule is CC(=Cc1ccccn1)CNC(C)(C)C. The van der Waals surface area contributed by atoms with E-state index in [4.69, 9.17) is 0 Å². The molecule has 1 heterocycles. The van der Waals surface area contributed by atoms with Gasteiger partial charge in [-0.1, -0.05) is 11.6 Å². The molecule has 1 rings (SSSR count). The fourth-order valence-corrected chi connectivity index (χ4v) is 1.17. The van der Waals surface area contributed by atoms with E-state index < -0.39 is 0 Å². The first-order valence-corrected chi connectivity index (χ1v) is 5.30. The summed E-state index contributed by atoms with van der Waals surface area (Å²) in [5, 5.41) is 3.45. The van der Waals surface area contributed by atoms with Crippen molar-refractivity contribution >= 4 is 6.08 Å². The second-order valence-electron chi connectivity index (χ2n) is 4.85. The first-order chi connectivity index (χ1) is 6.97. The molecule has 0 amide bonds. The Morgan fingerprint density at radius 2 is 2.13 bits per heavy atom. The van der Waals surface area contributed by atoms with Crippen molar-refractivity contribution in [2.75, 3.05) is 6.54 Å². The molecule has 15 heavy (non-hydrogen) atoms. The highest BCUT2D eigenvalue weighted by Gasteiger charge is 2.07. The van der Waals surface area contributed by atoms with Gasteiger partial charge in [-0.2, -0.15) is 0 Å². The highest BCUT2D eigenvalue weighted by atomic mass is 14.9. The maximum atomic E-state index is 4.26. The Kier molecular flexibility index (Phi) is 4.04. The molecule has 0 aliphatic heterocycles. The molecule has 0 bridgehead atoms. The molecule has 0 fully saturated rings. The third kappa shape index (κ3) is 5.33. The topological polar surface area (TPSA) is 24.9 Å². The molecule has 0 saturated heterocycles. The van der Waals surface area contributed by atoms with Gasteiger partial charge in [0.2, 0.25) is 0 Å². The third-order valence-electron chi connectivity index (χ3n) is 1.98. The largest absolute Gasteiger partial charge is 0.308 e. The highest BCUT2D eigenvalue weighted by Crippen LogP contribution is 2.04. The lowest BCUT2D eigenvalue weighted by atomic mass is 10.1. The number of nitrogens with zero attached hydrogens (tertiary/aromatic N) is 1. The van der Waals surface area contributed by atoms with Crippen LogP contribution in [0.4, 0.5) is 0 Å². The standard InChI is InChI=1S/C13H20N2/c1-11(10-15-13(2,3)4)9-12-7-5-6-8-14-12/h5-9,15H,10H2,1-4H3. The molecular weight excluding hydrogens is 184 g/mol. The van der Waals surface area contributed by atoms with Gasteiger partial charge in [0.1, 0.15) is 0 Å². The van der Waals surface area contributed by atoms with E-state index in [0.717, 1.165) is 12.2 Å². The zero-order valence-electron chi connectivity index (χ0n) is 10.0. The maximum absolute atomic E-state index is 4.26. The third-order valence-corrected chi connectivity index (χ3v) is 1.98. The van der Waals surface area contributed by atoms with Crippen molar-refractivity contribution in [3.8, 4) is 0 Å². The van der Waals surface area contributed by atoms with E-state index >= 15 is 0 Å². The lowest BCUT2D eigenvalue weighted by Gasteiger charge is -2.20. The number of aromatic nitrogens is 1. The lowest BCUT2D eigenvalue weighted by molar-refractivity contribution is 0.445. The van der Waals surface area contributed by atoms with Crippen LogP contribution in [0.1, 0.15) is 33.4 Å². The van der Waals surface area contributed by atoms with Crippen LogP contribution in [0.5, 0.6) is 0 Å². The van der Waals surface area contributed by atoms with Gasteiger partial charge in [0, 0.05) is 18.3 Å². The summed E-state index contributed by atoms with van der Waals surface area (Å²) >= 11 is 0. The predicted molar refractivity (Wildman–Crippen MR) is 65.6 cm³/mol. The average molecular weight is 204 g/mol. The van der Waals surface area contributed by atoms with Crippen LogP contribution in [-0.4, -0.2) is 17.1 Å². The molecule has 2 nitrogen and oxygen atoms in total. The molecule has 0 atom stereocenters. The Labute approximate surface area is 92.4 Å². The number of pyridine rings is 1. The predicted octanol–water partition coefficient (Wildman–Crippen LogP) is 2.87. The zero-order valence-corrected chi connectivity index (χ0v) is 10.0. The van der Waals surface area contributed by atoms with Crippen LogP contribution in [-0.2, 0) is 0 Å². The van der Waals surface area contributed by atoms with Gasteiger partial charge >= 0.3 is 0 Å². The number of rotatable bonds is 3. The van der Waals surface area contributed by atoms with Crippen molar-refractivity contribution in [3.63, 3.8) is 0 Å². The molecule has 1 aromatic heterocycles. The van der Waals surface area contributed by atoms with Gasteiger partial charge in [0.15, 0.2) is 0 Å². The zero-order chi connectivity index (χ0) is 11.3. The first kappa shape index (κ1) is 11.9. The molecule has 0 aromatic carbocycles. The fourth-order valence-electron chi connectivity index (χ4n) is 1.17. The Bertz CT molecular complexity index is 320. The van der Waals surface area contributed by atoms with E-state index in [0.29, 0.717) is 0 Å². The smallest absolute Gasteiger partial charge is 0.0629 e. The van der Waals surface area contributed by atoms with Gasteiger partial charge in [0.05, 0.1) is 5.69 Å². The van der Waals surface area contributed by atoms with E-state index in [1.54, 1.807) is 0 Å². The summed E-state index contributed by atoms with van der Waals surface area (Å²) in [6.45, 7) is 9.52. The van der Waals surface area contributed by atoms with Crippen LogP contribution in [0, 0.1) is 0 Å². The average Bonchev–Trinajstić information content (AvgIpc) is 2.15. The quantitative estimate of drug-likeness (QED) is 0.819. The molecule has 0 radical (unpaired) electrons. The van der Waals surface area contributed by atoms with E-state index in [1.807, 2.05) is 24.4 Å². The molecule has 1 aromatic rings. The fraction of sp³-hybridized carbons (Fsp3) is 0.462. The molecule has 0 unspecified atom stereocenters. The van der Waals surface area contributed by atoms with E-state index in [1.165, 1.54) is 5.57 Å². The van der Waals surface area contributed by atoms with Gasteiger partial charge in [0.25, 0.3) is 0 Å². The van der Waals surface area contributed by atoms with Crippen LogP contribution >= 0.6 is 0 Å². The summed E-state index contributed by atoms with van der Waals surface area (Å²) in [5.41, 5.74) is 2.48. The molecule has 1 N–H and O–H groups in total. The second kappa shape index (κ2) is 5.08. The van der Waals surface area contributed by atoms with Gasteiger partial charge < -0.3 is 5.32 Å². The van der Waals surface area contributed by atoms with Crippen LogP contribution in [0.25, 0.3) is 6.08 Å². The summed E-state index contributed by atoms with van der Waals surface area (Å²) in [7, 11) is 0. The summed E-state index contributed by atoms with van der Waals surface area (Å²) in [4.78, 5) is 4.26. The Balaban J connectivity index is 2.54. The van der Waals surface area contributed by atoms with E-state index in [-0.39, 0.29) is 5.54 Å². The molecule has 0 aliphatic rings. The number of nitrogens with one attached hydrogen (secondary N) is 1. The van der Waals surface area contributed by atoms with Gasteiger partial charge in [-0.3, -0.25) is 4.98 Å². The van der Waals surface area contributed by atoms with Crippen LogP contribution in [0.2, 0.25) is 0 Å². The Hall–Kier alpha value is -1.15. The van der Waals surface area contributed by atoms with Crippen LogP contribution < -0.4 is 5.32 Å². The number of hydrogen-bond donors (Lipinski definition) is 1. The normalized spacial score (nSPS) is 12.9. The van der Waals surface area contributed by atoms with Gasteiger partial charge in [-0.15, -0.1) is 0 Å². The van der Waals surface area contributed by atoms with Gasteiger partial charge in [-0.05, 0) is 45.9 Å². The second-order valence-corrected chi connectivity index (χ2v) is 4.85. The molecule has 82 valence electrons.